The van der Waals surface area contributed by atoms with Crippen molar-refractivity contribution in [2.75, 3.05) is 6.61 Å². The molecule has 0 unspecified atom stereocenters. The van der Waals surface area contributed by atoms with E-state index in [1.165, 1.54) is 0 Å². The van der Waals surface area contributed by atoms with E-state index in [-0.39, 0.29) is 42.9 Å². The first kappa shape index (κ1) is 31.1. The number of carbonyl (C=O) groups excluding carboxylic acids is 3. The van der Waals surface area contributed by atoms with E-state index in [0.717, 1.165) is 47.9 Å². The first-order valence-electron chi connectivity index (χ1n) is 15.4. The molecular weight excluding hydrogens is 586 g/mol. The van der Waals surface area contributed by atoms with Crippen LogP contribution in [0.15, 0.2) is 67.0 Å². The van der Waals surface area contributed by atoms with Crippen molar-refractivity contribution in [1.82, 2.24) is 14.9 Å². The zero-order chi connectivity index (χ0) is 32.6. The first-order chi connectivity index (χ1) is 21.8. The molecule has 2 aromatic carbocycles. The van der Waals surface area contributed by atoms with Gasteiger partial charge < -0.3 is 31.4 Å². The number of primary amides is 2. The third-order valence-electron chi connectivity index (χ3n) is 8.71. The van der Waals surface area contributed by atoms with E-state index in [4.69, 9.17) is 20.9 Å². The molecule has 2 aliphatic rings. The number of aromatic nitrogens is 2. The van der Waals surface area contributed by atoms with Crippen LogP contribution in [0.2, 0.25) is 0 Å². The first-order valence-corrected chi connectivity index (χ1v) is 15.4. The van der Waals surface area contributed by atoms with Crippen LogP contribution >= 0.6 is 0 Å². The second-order valence-corrected chi connectivity index (χ2v) is 13.4. The molecule has 11 nitrogen and oxygen atoms in total. The van der Waals surface area contributed by atoms with Crippen molar-refractivity contribution in [3.05, 3.63) is 83.7 Å². The normalized spacial score (nSPS) is 20.5. The summed E-state index contributed by atoms with van der Waals surface area (Å²) in [5.41, 5.74) is 14.6. The molecule has 3 amide bonds. The Bertz CT molecular complexity index is 1790. The quantitative estimate of drug-likeness (QED) is 0.187. The van der Waals surface area contributed by atoms with Crippen molar-refractivity contribution in [2.24, 2.45) is 16.9 Å². The summed E-state index contributed by atoms with van der Waals surface area (Å²) < 4.78 is 13.7. The average molecular weight is 626 g/mol. The number of carbonyl (C=O) groups is 3. The standard InChI is InChI=1S/C35H39N5O6/c1-34(2,44)20-45-26-8-9-29-28(18-38-40(29)19-26)33(43)39-25-14-35(15-25)16-27(17-35)46-30-12-23(6-7-24(30)13-32(37)42)22-5-3-4-21(10-22)11-31(36)41/h3-10,12,18-19,25,27,44H,11,13-17,20H2,1-2H3,(H2,36,41)(H2,37,42)(H,39,43). The second kappa shape index (κ2) is 12.1. The van der Waals surface area contributed by atoms with E-state index in [1.54, 1.807) is 42.9 Å². The van der Waals surface area contributed by atoms with Gasteiger partial charge in [-0.1, -0.05) is 36.4 Å². The van der Waals surface area contributed by atoms with Crippen molar-refractivity contribution in [3.8, 4) is 22.6 Å². The molecule has 2 aliphatic carbocycles. The van der Waals surface area contributed by atoms with Gasteiger partial charge in [0.25, 0.3) is 5.91 Å². The van der Waals surface area contributed by atoms with Crippen LogP contribution < -0.4 is 26.3 Å². The molecule has 0 radical (unpaired) electrons. The van der Waals surface area contributed by atoms with Crippen LogP contribution in [0.5, 0.6) is 11.5 Å². The molecule has 2 fully saturated rings. The molecule has 6 N–H and O–H groups in total. The molecule has 6 rings (SSSR count). The maximum atomic E-state index is 13.1. The lowest BCUT2D eigenvalue weighted by atomic mass is 9.53. The fourth-order valence-electron chi connectivity index (χ4n) is 6.58. The van der Waals surface area contributed by atoms with E-state index < -0.39 is 17.4 Å². The number of fused-ring (bicyclic) bond motifs is 1. The monoisotopic (exact) mass is 625 g/mol. The highest BCUT2D eigenvalue weighted by molar-refractivity contribution is 6.00. The van der Waals surface area contributed by atoms with Crippen LogP contribution in [0.1, 0.15) is 61.0 Å². The van der Waals surface area contributed by atoms with Crippen LogP contribution in [0, 0.1) is 5.41 Å². The number of aliphatic hydroxyl groups is 1. The maximum absolute atomic E-state index is 13.1. The number of nitrogens with two attached hydrogens (primary N) is 2. The largest absolute Gasteiger partial charge is 0.490 e. The molecule has 0 bridgehead atoms. The molecule has 240 valence electrons. The summed E-state index contributed by atoms with van der Waals surface area (Å²) in [6.07, 6.45) is 6.92. The lowest BCUT2D eigenvalue weighted by Crippen LogP contribution is -2.58. The van der Waals surface area contributed by atoms with Crippen LogP contribution in [0.3, 0.4) is 0 Å². The van der Waals surface area contributed by atoms with Gasteiger partial charge in [0.15, 0.2) is 0 Å². The summed E-state index contributed by atoms with van der Waals surface area (Å²) in [6.45, 7) is 3.47. The lowest BCUT2D eigenvalue weighted by molar-refractivity contribution is -0.118. The number of amides is 3. The second-order valence-electron chi connectivity index (χ2n) is 13.4. The van der Waals surface area contributed by atoms with Gasteiger partial charge in [-0.2, -0.15) is 5.10 Å². The SMILES string of the molecule is CC(C)(O)COc1ccc2c(C(=O)NC3CC4(C3)CC(Oc3cc(-c5cccc(CC(N)=O)c5)ccc3CC(N)=O)C4)cnn2c1. The van der Waals surface area contributed by atoms with Gasteiger partial charge >= 0.3 is 0 Å². The Morgan fingerprint density at radius 1 is 1.00 bits per heavy atom. The zero-order valence-corrected chi connectivity index (χ0v) is 26.0. The summed E-state index contributed by atoms with van der Waals surface area (Å²) >= 11 is 0. The maximum Gasteiger partial charge on any atom is 0.255 e. The van der Waals surface area contributed by atoms with Crippen molar-refractivity contribution < 1.29 is 29.0 Å². The molecule has 2 aromatic heterocycles. The number of nitrogens with zero attached hydrogens (tertiary/aromatic N) is 2. The van der Waals surface area contributed by atoms with E-state index in [2.05, 4.69) is 10.4 Å². The fraction of sp³-hybridized carbons (Fsp3) is 0.371. The Kier molecular flexibility index (Phi) is 8.20. The lowest BCUT2D eigenvalue weighted by Gasteiger charge is -2.57. The number of hydrogen-bond donors (Lipinski definition) is 4. The predicted molar refractivity (Wildman–Crippen MR) is 171 cm³/mol. The van der Waals surface area contributed by atoms with Gasteiger partial charge in [-0.25, -0.2) is 4.52 Å². The molecule has 46 heavy (non-hydrogen) atoms. The summed E-state index contributed by atoms with van der Waals surface area (Å²) in [5, 5.41) is 17.4. The van der Waals surface area contributed by atoms with Crippen molar-refractivity contribution in [1.29, 1.82) is 0 Å². The fourth-order valence-corrected chi connectivity index (χ4v) is 6.58. The molecule has 4 aromatic rings. The van der Waals surface area contributed by atoms with Crippen LogP contribution in [-0.4, -0.2) is 56.8 Å². The molecule has 0 aliphatic heterocycles. The van der Waals surface area contributed by atoms with Gasteiger partial charge in [-0.05, 0) is 79.8 Å². The third kappa shape index (κ3) is 6.99. The Balaban J connectivity index is 1.05. The minimum Gasteiger partial charge on any atom is -0.490 e. The summed E-state index contributed by atoms with van der Waals surface area (Å²) in [4.78, 5) is 36.3. The Hall–Kier alpha value is -4.90. The number of pyridine rings is 1. The number of nitrogens with one attached hydrogen (secondary N) is 1. The highest BCUT2D eigenvalue weighted by atomic mass is 16.5. The Morgan fingerprint density at radius 2 is 1.74 bits per heavy atom. The number of ether oxygens (including phenoxy) is 2. The van der Waals surface area contributed by atoms with Crippen LogP contribution in [0.25, 0.3) is 16.6 Å². The molecule has 0 atom stereocenters. The number of rotatable bonds is 12. The molecule has 1 spiro atoms. The Morgan fingerprint density at radius 3 is 2.46 bits per heavy atom. The minimum absolute atomic E-state index is 0.00726. The van der Waals surface area contributed by atoms with Crippen molar-refractivity contribution >= 4 is 23.2 Å². The van der Waals surface area contributed by atoms with Crippen LogP contribution in [0.4, 0.5) is 0 Å². The highest BCUT2D eigenvalue weighted by Crippen LogP contribution is 2.57. The van der Waals surface area contributed by atoms with Crippen molar-refractivity contribution in [2.45, 2.75) is 70.1 Å². The molecule has 11 heteroatoms. The molecule has 2 saturated carbocycles. The van der Waals surface area contributed by atoms with E-state index in [1.807, 2.05) is 42.5 Å². The van der Waals surface area contributed by atoms with Gasteiger partial charge in [-0.3, -0.25) is 14.4 Å². The van der Waals surface area contributed by atoms with Gasteiger partial charge in [0, 0.05) is 11.6 Å². The predicted octanol–water partition coefficient (Wildman–Crippen LogP) is 3.33. The summed E-state index contributed by atoms with van der Waals surface area (Å²) in [7, 11) is 0. The zero-order valence-electron chi connectivity index (χ0n) is 26.0. The van der Waals surface area contributed by atoms with Gasteiger partial charge in [0.1, 0.15) is 18.1 Å². The van der Waals surface area contributed by atoms with E-state index in [0.29, 0.717) is 22.6 Å². The molecule has 0 saturated heterocycles. The average Bonchev–Trinajstić information content (AvgIpc) is 3.37. The summed E-state index contributed by atoms with van der Waals surface area (Å²) in [5.74, 6) is 0.182. The van der Waals surface area contributed by atoms with Crippen molar-refractivity contribution in [3.63, 3.8) is 0 Å². The minimum atomic E-state index is -0.960. The molecular formula is C35H39N5O6. The summed E-state index contributed by atoms with van der Waals surface area (Å²) in [6, 6.07) is 17.0. The van der Waals surface area contributed by atoms with Gasteiger partial charge in [-0.15, -0.1) is 0 Å². The molecule has 2 heterocycles. The third-order valence-corrected chi connectivity index (χ3v) is 8.71. The van der Waals surface area contributed by atoms with E-state index >= 15 is 0 Å². The smallest absolute Gasteiger partial charge is 0.255 e. The van der Waals surface area contributed by atoms with Gasteiger partial charge in [0.05, 0.1) is 48.0 Å². The topological polar surface area (TPSA) is 171 Å². The van der Waals surface area contributed by atoms with Crippen LogP contribution in [-0.2, 0) is 22.4 Å². The number of benzene rings is 2. The van der Waals surface area contributed by atoms with E-state index in [9.17, 15) is 19.5 Å². The van der Waals surface area contributed by atoms with Gasteiger partial charge in [0.2, 0.25) is 11.8 Å². The number of hydrogen-bond acceptors (Lipinski definition) is 7. The Labute approximate surface area is 266 Å². The highest BCUT2D eigenvalue weighted by Gasteiger charge is 2.54.